The molecule has 2 rings (SSSR count). The van der Waals surface area contributed by atoms with Crippen molar-refractivity contribution in [1.82, 2.24) is 10.3 Å². The van der Waals surface area contributed by atoms with Crippen molar-refractivity contribution in [3.05, 3.63) is 65.7 Å². The normalized spacial score (nSPS) is 11.7. The second-order valence-corrected chi connectivity index (χ2v) is 4.68. The Balaban J connectivity index is 2.21. The van der Waals surface area contributed by atoms with Crippen LogP contribution in [0.4, 0.5) is 4.39 Å². The van der Waals surface area contributed by atoms with Crippen LogP contribution in [0, 0.1) is 5.95 Å². The van der Waals surface area contributed by atoms with E-state index in [1.165, 1.54) is 25.3 Å². The van der Waals surface area contributed by atoms with Crippen molar-refractivity contribution in [2.45, 2.75) is 19.4 Å². The zero-order valence-electron chi connectivity index (χ0n) is 11.5. The van der Waals surface area contributed by atoms with Gasteiger partial charge in [0.25, 0.3) is 5.91 Å². The summed E-state index contributed by atoms with van der Waals surface area (Å²) < 4.78 is 13.5. The van der Waals surface area contributed by atoms with Crippen LogP contribution in [0.3, 0.4) is 0 Å². The average Bonchev–Trinajstić information content (AvgIpc) is 2.47. The lowest BCUT2D eigenvalue weighted by Gasteiger charge is -2.18. The maximum Gasteiger partial charge on any atom is 0.256 e. The van der Waals surface area contributed by atoms with Gasteiger partial charge in [0.2, 0.25) is 5.95 Å². The standard InChI is InChI=1S/C16H15FN2O2/c1-11(20)10-14(12-6-3-2-4-7-12)19-16(21)13-8-5-9-18-15(13)17/h2-9,14H,10H2,1H3,(H,19,21)/t14-/m0/s1. The molecule has 108 valence electrons. The van der Waals surface area contributed by atoms with Crippen molar-refractivity contribution in [1.29, 1.82) is 0 Å². The van der Waals surface area contributed by atoms with Crippen molar-refractivity contribution < 1.29 is 14.0 Å². The Morgan fingerprint density at radius 1 is 1.19 bits per heavy atom. The number of amides is 1. The smallest absolute Gasteiger partial charge is 0.256 e. The number of halogens is 1. The van der Waals surface area contributed by atoms with E-state index in [2.05, 4.69) is 10.3 Å². The lowest BCUT2D eigenvalue weighted by molar-refractivity contribution is -0.117. The van der Waals surface area contributed by atoms with E-state index in [1.54, 1.807) is 0 Å². The summed E-state index contributed by atoms with van der Waals surface area (Å²) >= 11 is 0. The lowest BCUT2D eigenvalue weighted by Crippen LogP contribution is -2.30. The molecule has 0 aliphatic rings. The fourth-order valence-electron chi connectivity index (χ4n) is 2.02. The van der Waals surface area contributed by atoms with Crippen LogP contribution in [0.1, 0.15) is 35.3 Å². The third kappa shape index (κ3) is 3.95. The fourth-order valence-corrected chi connectivity index (χ4v) is 2.02. The first-order valence-electron chi connectivity index (χ1n) is 6.53. The van der Waals surface area contributed by atoms with Gasteiger partial charge >= 0.3 is 0 Å². The van der Waals surface area contributed by atoms with Crippen LogP contribution >= 0.6 is 0 Å². The predicted molar refractivity (Wildman–Crippen MR) is 76.1 cm³/mol. The second kappa shape index (κ2) is 6.74. The largest absolute Gasteiger partial charge is 0.345 e. The zero-order valence-corrected chi connectivity index (χ0v) is 11.5. The highest BCUT2D eigenvalue weighted by atomic mass is 19.1. The maximum absolute atomic E-state index is 13.5. The first-order valence-corrected chi connectivity index (χ1v) is 6.53. The molecule has 5 heteroatoms. The van der Waals surface area contributed by atoms with Crippen molar-refractivity contribution in [2.24, 2.45) is 0 Å². The topological polar surface area (TPSA) is 59.1 Å². The molecular weight excluding hydrogens is 271 g/mol. The molecule has 2 aromatic rings. The van der Waals surface area contributed by atoms with Crippen LogP contribution in [0.25, 0.3) is 0 Å². The fraction of sp³-hybridized carbons (Fsp3) is 0.188. The minimum atomic E-state index is -0.829. The molecule has 0 saturated carbocycles. The molecule has 1 aromatic heterocycles. The van der Waals surface area contributed by atoms with Crippen molar-refractivity contribution in [3.63, 3.8) is 0 Å². The van der Waals surface area contributed by atoms with Gasteiger partial charge in [0.1, 0.15) is 5.78 Å². The summed E-state index contributed by atoms with van der Waals surface area (Å²) in [5.41, 5.74) is 0.660. The number of carbonyl (C=O) groups is 2. The summed E-state index contributed by atoms with van der Waals surface area (Å²) in [6.45, 7) is 1.45. The van der Waals surface area contributed by atoms with Gasteiger partial charge < -0.3 is 5.32 Å². The molecule has 0 saturated heterocycles. The Morgan fingerprint density at radius 3 is 2.52 bits per heavy atom. The van der Waals surface area contributed by atoms with Crippen LogP contribution in [-0.2, 0) is 4.79 Å². The van der Waals surface area contributed by atoms with Crippen LogP contribution < -0.4 is 5.32 Å². The average molecular weight is 286 g/mol. The van der Waals surface area contributed by atoms with E-state index in [0.29, 0.717) is 0 Å². The van der Waals surface area contributed by atoms with E-state index >= 15 is 0 Å². The molecule has 0 unspecified atom stereocenters. The third-order valence-electron chi connectivity index (χ3n) is 3.00. The zero-order chi connectivity index (χ0) is 15.2. The number of benzene rings is 1. The number of hydrogen-bond acceptors (Lipinski definition) is 3. The van der Waals surface area contributed by atoms with Crippen LogP contribution in [0.15, 0.2) is 48.7 Å². The Bertz CT molecular complexity index is 644. The quantitative estimate of drug-likeness (QED) is 0.860. The van der Waals surface area contributed by atoms with Gasteiger partial charge in [-0.05, 0) is 24.6 Å². The first-order chi connectivity index (χ1) is 10.1. The molecule has 0 aliphatic carbocycles. The Hall–Kier alpha value is -2.56. The van der Waals surface area contributed by atoms with E-state index in [1.807, 2.05) is 30.3 Å². The number of nitrogens with zero attached hydrogens (tertiary/aromatic N) is 1. The third-order valence-corrected chi connectivity index (χ3v) is 3.00. The molecule has 1 atom stereocenters. The van der Waals surface area contributed by atoms with Crippen LogP contribution in [0.2, 0.25) is 0 Å². The highest BCUT2D eigenvalue weighted by Gasteiger charge is 2.19. The summed E-state index contributed by atoms with van der Waals surface area (Å²) in [6, 6.07) is 11.5. The van der Waals surface area contributed by atoms with Crippen molar-refractivity contribution >= 4 is 11.7 Å². The molecule has 0 bridgehead atoms. The Labute approximate surface area is 122 Å². The van der Waals surface area contributed by atoms with Gasteiger partial charge in [0.15, 0.2) is 0 Å². The van der Waals surface area contributed by atoms with Gasteiger partial charge in [-0.15, -0.1) is 0 Å². The highest BCUT2D eigenvalue weighted by molar-refractivity contribution is 5.94. The number of pyridine rings is 1. The summed E-state index contributed by atoms with van der Waals surface area (Å²) in [7, 11) is 0. The van der Waals surface area contributed by atoms with Gasteiger partial charge in [0.05, 0.1) is 11.6 Å². The summed E-state index contributed by atoms with van der Waals surface area (Å²) in [5.74, 6) is -1.48. The van der Waals surface area contributed by atoms with E-state index in [-0.39, 0.29) is 17.8 Å². The lowest BCUT2D eigenvalue weighted by atomic mass is 10.0. The molecule has 4 nitrogen and oxygen atoms in total. The second-order valence-electron chi connectivity index (χ2n) is 4.68. The van der Waals surface area contributed by atoms with Gasteiger partial charge in [-0.1, -0.05) is 30.3 Å². The number of rotatable bonds is 5. The van der Waals surface area contributed by atoms with Crippen molar-refractivity contribution in [2.75, 3.05) is 0 Å². The number of Topliss-reactive ketones (excluding diaryl/α,β-unsaturated/α-hetero) is 1. The molecule has 0 spiro atoms. The molecule has 1 heterocycles. The number of ketones is 1. The molecular formula is C16H15FN2O2. The predicted octanol–water partition coefficient (Wildman–Crippen LogP) is 2.67. The molecule has 1 amide bonds. The monoisotopic (exact) mass is 286 g/mol. The van der Waals surface area contributed by atoms with Gasteiger partial charge in [-0.25, -0.2) is 4.98 Å². The maximum atomic E-state index is 13.5. The number of carbonyl (C=O) groups excluding carboxylic acids is 2. The Morgan fingerprint density at radius 2 is 1.90 bits per heavy atom. The SMILES string of the molecule is CC(=O)C[C@H](NC(=O)c1cccnc1F)c1ccccc1. The number of aromatic nitrogens is 1. The minimum Gasteiger partial charge on any atom is -0.345 e. The van der Waals surface area contributed by atoms with E-state index < -0.39 is 17.9 Å². The summed E-state index contributed by atoms with van der Waals surface area (Å²) in [5, 5.41) is 2.68. The highest BCUT2D eigenvalue weighted by Crippen LogP contribution is 2.18. The molecule has 0 radical (unpaired) electrons. The van der Waals surface area contributed by atoms with Crippen LogP contribution in [-0.4, -0.2) is 16.7 Å². The van der Waals surface area contributed by atoms with Gasteiger partial charge in [-0.2, -0.15) is 4.39 Å². The number of nitrogens with one attached hydrogen (secondary N) is 1. The molecule has 21 heavy (non-hydrogen) atoms. The van der Waals surface area contributed by atoms with E-state index in [9.17, 15) is 14.0 Å². The molecule has 0 aliphatic heterocycles. The number of hydrogen-bond donors (Lipinski definition) is 1. The first kappa shape index (κ1) is 14.8. The molecule has 1 aromatic carbocycles. The Kier molecular flexibility index (Phi) is 4.77. The summed E-state index contributed by atoms with van der Waals surface area (Å²) in [6.07, 6.45) is 1.42. The van der Waals surface area contributed by atoms with E-state index in [0.717, 1.165) is 5.56 Å². The van der Waals surface area contributed by atoms with E-state index in [4.69, 9.17) is 0 Å². The van der Waals surface area contributed by atoms with Gasteiger partial charge in [0, 0.05) is 12.6 Å². The molecule has 1 N–H and O–H groups in total. The van der Waals surface area contributed by atoms with Crippen molar-refractivity contribution in [3.8, 4) is 0 Å². The van der Waals surface area contributed by atoms with Gasteiger partial charge in [-0.3, -0.25) is 9.59 Å². The summed E-state index contributed by atoms with van der Waals surface area (Å²) in [4.78, 5) is 26.9. The molecule has 0 fully saturated rings. The van der Waals surface area contributed by atoms with Crippen LogP contribution in [0.5, 0.6) is 0 Å². The minimum absolute atomic E-state index is 0.0594.